The van der Waals surface area contributed by atoms with E-state index in [0.717, 1.165) is 12.8 Å². The van der Waals surface area contributed by atoms with Gasteiger partial charge in [0.05, 0.1) is 0 Å². The molecule has 0 aromatic heterocycles. The molecule has 0 spiro atoms. The molecule has 0 radical (unpaired) electrons. The summed E-state index contributed by atoms with van der Waals surface area (Å²) >= 11 is -1.95. The first-order chi connectivity index (χ1) is 11.1. The first-order valence-corrected chi connectivity index (χ1v) is 18.2. The minimum absolute atomic E-state index is 0.266. The van der Waals surface area contributed by atoms with Crippen molar-refractivity contribution >= 4 is 18.4 Å². The van der Waals surface area contributed by atoms with Crippen LogP contribution in [0.1, 0.15) is 79.1 Å². The van der Waals surface area contributed by atoms with Gasteiger partial charge in [0.1, 0.15) is 0 Å². The number of hydrogen-bond donors (Lipinski definition) is 1. The molecule has 0 aromatic carbocycles. The third kappa shape index (κ3) is 12.3. The van der Waals surface area contributed by atoms with Crippen LogP contribution in [0.15, 0.2) is 24.3 Å². The zero-order valence-corrected chi connectivity index (χ0v) is 19.2. The van der Waals surface area contributed by atoms with Crippen LogP contribution in [0.25, 0.3) is 0 Å². The summed E-state index contributed by atoms with van der Waals surface area (Å²) in [4.78, 5) is 0. The molecule has 0 fully saturated rings. The van der Waals surface area contributed by atoms with Crippen molar-refractivity contribution in [2.75, 3.05) is 0 Å². The molecule has 0 saturated carbocycles. The molecule has 1 atom stereocenters. The molecule has 1 N–H and O–H groups in total. The summed E-state index contributed by atoms with van der Waals surface area (Å²) in [5.41, 5.74) is 0. The van der Waals surface area contributed by atoms with Crippen molar-refractivity contribution in [3.63, 3.8) is 0 Å². The van der Waals surface area contributed by atoms with Crippen LogP contribution in [0.3, 0.4) is 0 Å². The summed E-state index contributed by atoms with van der Waals surface area (Å²) in [6, 6.07) is 0. The first-order valence-electron chi connectivity index (χ1n) is 10.1. The first kappa shape index (κ1) is 23.2. The normalized spacial score (nSPS) is 14.1. The third-order valence-electron chi connectivity index (χ3n) is 4.94. The molecule has 0 unspecified atom stereocenters. The second-order valence-electron chi connectivity index (χ2n) is 7.16. The van der Waals surface area contributed by atoms with Crippen LogP contribution in [-0.2, 0) is 0 Å². The molecular formula is C21H42OSn. The van der Waals surface area contributed by atoms with Crippen LogP contribution in [0.2, 0.25) is 17.7 Å². The standard InChI is InChI=1S/C9H15O.3C4H9.Sn/c1-3-5-6-8-9(10)7-4-2;3*1-3-4-2;/h3-5,7,9-10H,1,6,8H2,2H3;3*1,3-4H2,2H3;/b5-3+,7-4+;;;;/t9-;;;;/m0..../s1. The van der Waals surface area contributed by atoms with Crippen LogP contribution in [0, 0.1) is 0 Å². The van der Waals surface area contributed by atoms with E-state index < -0.39 is 18.4 Å². The number of unbranched alkanes of at least 4 members (excludes halogenated alkanes) is 3. The van der Waals surface area contributed by atoms with E-state index in [2.05, 4.69) is 32.9 Å². The van der Waals surface area contributed by atoms with E-state index >= 15 is 0 Å². The second-order valence-corrected chi connectivity index (χ2v) is 21.2. The van der Waals surface area contributed by atoms with Crippen LogP contribution in [0.5, 0.6) is 0 Å². The second kappa shape index (κ2) is 15.7. The Labute approximate surface area is 150 Å². The predicted octanol–water partition coefficient (Wildman–Crippen LogP) is 7.11. The van der Waals surface area contributed by atoms with Gasteiger partial charge < -0.3 is 0 Å². The van der Waals surface area contributed by atoms with Gasteiger partial charge in [-0.2, -0.15) is 0 Å². The molecule has 0 amide bonds. The van der Waals surface area contributed by atoms with Gasteiger partial charge in [-0.05, 0) is 0 Å². The Morgan fingerprint density at radius 3 is 1.83 bits per heavy atom. The summed E-state index contributed by atoms with van der Waals surface area (Å²) in [7, 11) is 0. The molecule has 0 heterocycles. The summed E-state index contributed by atoms with van der Waals surface area (Å²) in [5, 5.41) is 9.75. The van der Waals surface area contributed by atoms with E-state index in [-0.39, 0.29) is 6.10 Å². The van der Waals surface area contributed by atoms with E-state index in [4.69, 9.17) is 0 Å². The SMILES string of the molecule is C/C=C/[C@H](O)CC/C=C/[CH2][Sn]([CH2]CCC)([CH2]CCC)[CH2]CCC. The molecular weight excluding hydrogens is 387 g/mol. The third-order valence-corrected chi connectivity index (χ3v) is 20.2. The molecule has 23 heavy (non-hydrogen) atoms. The molecule has 1 nitrogen and oxygen atoms in total. The Morgan fingerprint density at radius 2 is 1.39 bits per heavy atom. The summed E-state index contributed by atoms with van der Waals surface area (Å²) in [6.45, 7) is 9.00. The van der Waals surface area contributed by atoms with Crippen molar-refractivity contribution < 1.29 is 5.11 Å². The Balaban J connectivity index is 4.55. The fourth-order valence-electron chi connectivity index (χ4n) is 3.37. The summed E-state index contributed by atoms with van der Waals surface area (Å²) < 4.78 is 6.22. The topological polar surface area (TPSA) is 20.2 Å². The van der Waals surface area contributed by atoms with Gasteiger partial charge in [0.25, 0.3) is 0 Å². The number of aliphatic hydroxyl groups is 1. The molecule has 136 valence electrons. The van der Waals surface area contributed by atoms with Crippen molar-refractivity contribution in [2.24, 2.45) is 0 Å². The van der Waals surface area contributed by atoms with Gasteiger partial charge in [-0.3, -0.25) is 0 Å². The van der Waals surface area contributed by atoms with Crippen molar-refractivity contribution in [3.05, 3.63) is 24.3 Å². The quantitative estimate of drug-likeness (QED) is 0.217. The molecule has 0 saturated heterocycles. The summed E-state index contributed by atoms with van der Waals surface area (Å²) in [6.07, 6.45) is 18.7. The molecule has 0 bridgehead atoms. The zero-order chi connectivity index (χ0) is 17.4. The van der Waals surface area contributed by atoms with E-state index in [9.17, 15) is 5.11 Å². The average Bonchev–Trinajstić information content (AvgIpc) is 2.55. The van der Waals surface area contributed by atoms with E-state index in [1.54, 1.807) is 13.3 Å². The minimum atomic E-state index is -1.95. The van der Waals surface area contributed by atoms with Gasteiger partial charge in [-0.15, -0.1) is 0 Å². The number of aliphatic hydroxyl groups excluding tert-OH is 1. The maximum atomic E-state index is 9.75. The van der Waals surface area contributed by atoms with Crippen LogP contribution in [0.4, 0.5) is 0 Å². The monoisotopic (exact) mass is 430 g/mol. The predicted molar refractivity (Wildman–Crippen MR) is 109 cm³/mol. The Hall–Kier alpha value is 0.239. The maximum absolute atomic E-state index is 9.75. The van der Waals surface area contributed by atoms with Gasteiger partial charge in [0.2, 0.25) is 0 Å². The van der Waals surface area contributed by atoms with Gasteiger partial charge >= 0.3 is 151 Å². The van der Waals surface area contributed by atoms with Gasteiger partial charge in [0, 0.05) is 0 Å². The van der Waals surface area contributed by atoms with Crippen LogP contribution in [-0.4, -0.2) is 29.6 Å². The summed E-state index contributed by atoms with van der Waals surface area (Å²) in [5.74, 6) is 0. The van der Waals surface area contributed by atoms with E-state index in [1.165, 1.54) is 43.0 Å². The van der Waals surface area contributed by atoms with E-state index in [1.807, 2.05) is 19.1 Å². The fraction of sp³-hybridized carbons (Fsp3) is 0.810. The van der Waals surface area contributed by atoms with E-state index in [0.29, 0.717) is 0 Å². The van der Waals surface area contributed by atoms with Gasteiger partial charge in [-0.25, -0.2) is 0 Å². The zero-order valence-electron chi connectivity index (χ0n) is 16.3. The number of hydrogen-bond acceptors (Lipinski definition) is 1. The van der Waals surface area contributed by atoms with Crippen molar-refractivity contribution in [1.82, 2.24) is 0 Å². The van der Waals surface area contributed by atoms with Gasteiger partial charge in [0.15, 0.2) is 0 Å². The average molecular weight is 429 g/mol. The van der Waals surface area contributed by atoms with Crippen LogP contribution < -0.4 is 0 Å². The van der Waals surface area contributed by atoms with Crippen molar-refractivity contribution in [3.8, 4) is 0 Å². The molecule has 0 aliphatic carbocycles. The Kier molecular flexibility index (Phi) is 15.9. The Morgan fingerprint density at radius 1 is 0.870 bits per heavy atom. The van der Waals surface area contributed by atoms with Crippen molar-refractivity contribution in [1.29, 1.82) is 0 Å². The molecule has 2 heteroatoms. The molecule has 0 aromatic rings. The van der Waals surface area contributed by atoms with Crippen LogP contribution >= 0.6 is 0 Å². The molecule has 0 aliphatic heterocycles. The van der Waals surface area contributed by atoms with Gasteiger partial charge in [-0.1, -0.05) is 0 Å². The number of rotatable bonds is 15. The number of allylic oxidation sites excluding steroid dienone is 3. The fourth-order valence-corrected chi connectivity index (χ4v) is 18.6. The molecule has 0 aliphatic rings. The molecule has 0 rings (SSSR count). The Bertz CT molecular complexity index is 287. The van der Waals surface area contributed by atoms with Crippen molar-refractivity contribution in [2.45, 2.75) is 103 Å².